The Morgan fingerprint density at radius 3 is 2.68 bits per heavy atom. The molecule has 2 rings (SSSR count). The number of aliphatic hydroxyl groups is 1. The van der Waals surface area contributed by atoms with Crippen LogP contribution in [0.4, 0.5) is 0 Å². The van der Waals surface area contributed by atoms with Gasteiger partial charge in [0.05, 0.1) is 11.9 Å². The Balaban J connectivity index is 2.59. The number of aliphatic hydroxyl groups excluding tert-OH is 1. The minimum atomic E-state index is -0.819. The van der Waals surface area contributed by atoms with Gasteiger partial charge in [0.15, 0.2) is 0 Å². The molecule has 0 amide bonds. The predicted octanol–water partition coefficient (Wildman–Crippen LogP) is 2.27. The fourth-order valence-corrected chi connectivity index (χ4v) is 2.63. The normalized spacial score (nSPS) is 11.1. The molecule has 0 aliphatic carbocycles. The molecule has 19 heavy (non-hydrogen) atoms. The molecule has 0 fully saturated rings. The number of carboxylic acids is 1. The molecule has 4 heteroatoms. The van der Waals surface area contributed by atoms with Crippen molar-refractivity contribution in [1.29, 1.82) is 0 Å². The van der Waals surface area contributed by atoms with Gasteiger partial charge in [-0.1, -0.05) is 11.6 Å². The summed E-state index contributed by atoms with van der Waals surface area (Å²) in [6, 6.07) is 4.14. The van der Waals surface area contributed by atoms with E-state index in [2.05, 4.69) is 10.6 Å². The minimum Gasteiger partial charge on any atom is -0.481 e. The van der Waals surface area contributed by atoms with E-state index in [4.69, 9.17) is 10.2 Å². The summed E-state index contributed by atoms with van der Waals surface area (Å²) in [6.45, 7) is 4.90. The van der Waals surface area contributed by atoms with Gasteiger partial charge in [0.2, 0.25) is 0 Å². The SMILES string of the molecule is Cc1cc(C)c2c(c1)c(CC(=O)O)cn2CCCO. The first kappa shape index (κ1) is 13.6. The fraction of sp³-hybridized carbons (Fsp3) is 0.400. The van der Waals surface area contributed by atoms with Crippen LogP contribution in [0.25, 0.3) is 10.9 Å². The average molecular weight is 261 g/mol. The van der Waals surface area contributed by atoms with Crippen molar-refractivity contribution in [2.75, 3.05) is 6.61 Å². The van der Waals surface area contributed by atoms with Crippen LogP contribution in [0.3, 0.4) is 0 Å². The molecule has 1 aromatic heterocycles. The van der Waals surface area contributed by atoms with Gasteiger partial charge in [-0.3, -0.25) is 4.79 Å². The van der Waals surface area contributed by atoms with Gasteiger partial charge in [0.1, 0.15) is 0 Å². The van der Waals surface area contributed by atoms with E-state index in [1.54, 1.807) is 0 Å². The van der Waals surface area contributed by atoms with Crippen molar-refractivity contribution in [2.24, 2.45) is 0 Å². The standard InChI is InChI=1S/C15H19NO3/c1-10-6-11(2)15-13(7-10)12(8-14(18)19)9-16(15)4-3-5-17/h6-7,9,17H,3-5,8H2,1-2H3,(H,18,19). The smallest absolute Gasteiger partial charge is 0.307 e. The van der Waals surface area contributed by atoms with Gasteiger partial charge >= 0.3 is 5.97 Å². The molecule has 0 unspecified atom stereocenters. The lowest BCUT2D eigenvalue weighted by molar-refractivity contribution is -0.136. The average Bonchev–Trinajstić information content (AvgIpc) is 2.64. The second-order valence-corrected chi connectivity index (χ2v) is 4.97. The zero-order valence-electron chi connectivity index (χ0n) is 11.3. The lowest BCUT2D eigenvalue weighted by Crippen LogP contribution is -2.00. The van der Waals surface area contributed by atoms with Gasteiger partial charge < -0.3 is 14.8 Å². The minimum absolute atomic E-state index is 0.0333. The summed E-state index contributed by atoms with van der Waals surface area (Å²) in [4.78, 5) is 11.0. The summed E-state index contributed by atoms with van der Waals surface area (Å²) in [5, 5.41) is 19.0. The van der Waals surface area contributed by atoms with E-state index in [0.29, 0.717) is 13.0 Å². The van der Waals surface area contributed by atoms with E-state index in [1.807, 2.05) is 26.1 Å². The van der Waals surface area contributed by atoms with Crippen molar-refractivity contribution in [3.63, 3.8) is 0 Å². The Kier molecular flexibility index (Phi) is 3.90. The molecule has 4 nitrogen and oxygen atoms in total. The summed E-state index contributed by atoms with van der Waals surface area (Å²) in [7, 11) is 0. The van der Waals surface area contributed by atoms with E-state index in [0.717, 1.165) is 27.6 Å². The Bertz CT molecular complexity index is 613. The Morgan fingerprint density at radius 2 is 2.05 bits per heavy atom. The first-order chi connectivity index (χ1) is 9.02. The number of carboxylic acid groups (broad SMARTS) is 1. The highest BCUT2D eigenvalue weighted by Crippen LogP contribution is 2.27. The highest BCUT2D eigenvalue weighted by molar-refractivity contribution is 5.90. The lowest BCUT2D eigenvalue weighted by atomic mass is 10.0. The van der Waals surface area contributed by atoms with Crippen molar-refractivity contribution < 1.29 is 15.0 Å². The van der Waals surface area contributed by atoms with Gasteiger partial charge in [0, 0.05) is 24.7 Å². The van der Waals surface area contributed by atoms with Crippen LogP contribution < -0.4 is 0 Å². The van der Waals surface area contributed by atoms with Crippen LogP contribution in [0.15, 0.2) is 18.3 Å². The summed E-state index contributed by atoms with van der Waals surface area (Å²) in [5.41, 5.74) is 4.20. The van der Waals surface area contributed by atoms with Gasteiger partial charge in [-0.25, -0.2) is 0 Å². The van der Waals surface area contributed by atoms with Crippen molar-refractivity contribution in [3.05, 3.63) is 35.0 Å². The Labute approximate surface area is 112 Å². The van der Waals surface area contributed by atoms with Crippen LogP contribution in [0.5, 0.6) is 0 Å². The first-order valence-electron chi connectivity index (χ1n) is 6.44. The molecule has 0 atom stereocenters. The highest BCUT2D eigenvalue weighted by Gasteiger charge is 2.13. The van der Waals surface area contributed by atoms with E-state index in [9.17, 15) is 4.79 Å². The number of aliphatic carboxylic acids is 1. The van der Waals surface area contributed by atoms with Crippen molar-refractivity contribution in [2.45, 2.75) is 33.2 Å². The number of fused-ring (bicyclic) bond motifs is 1. The lowest BCUT2D eigenvalue weighted by Gasteiger charge is -2.07. The zero-order valence-corrected chi connectivity index (χ0v) is 11.3. The second kappa shape index (κ2) is 5.45. The van der Waals surface area contributed by atoms with Crippen LogP contribution in [0, 0.1) is 13.8 Å². The summed E-state index contributed by atoms with van der Waals surface area (Å²) < 4.78 is 2.05. The monoisotopic (exact) mass is 261 g/mol. The molecular formula is C15H19NO3. The van der Waals surface area contributed by atoms with Crippen molar-refractivity contribution in [1.82, 2.24) is 4.57 Å². The van der Waals surface area contributed by atoms with E-state index in [-0.39, 0.29) is 13.0 Å². The number of nitrogens with zero attached hydrogens (tertiary/aromatic N) is 1. The van der Waals surface area contributed by atoms with Crippen LogP contribution in [-0.4, -0.2) is 27.4 Å². The number of aromatic nitrogens is 1. The van der Waals surface area contributed by atoms with Crippen molar-refractivity contribution >= 4 is 16.9 Å². The Hall–Kier alpha value is -1.81. The summed E-state index contributed by atoms with van der Waals surface area (Å²) in [6.07, 6.45) is 2.61. The van der Waals surface area contributed by atoms with Gasteiger partial charge in [-0.15, -0.1) is 0 Å². The van der Waals surface area contributed by atoms with Crippen LogP contribution in [0.1, 0.15) is 23.1 Å². The topological polar surface area (TPSA) is 62.5 Å². The molecule has 0 saturated heterocycles. The molecule has 2 aromatic rings. The molecule has 0 bridgehead atoms. The third-order valence-electron chi connectivity index (χ3n) is 3.29. The third kappa shape index (κ3) is 2.79. The summed E-state index contributed by atoms with van der Waals surface area (Å²) >= 11 is 0. The quantitative estimate of drug-likeness (QED) is 0.868. The van der Waals surface area contributed by atoms with Gasteiger partial charge in [-0.05, 0) is 37.5 Å². The van der Waals surface area contributed by atoms with E-state index < -0.39 is 5.97 Å². The third-order valence-corrected chi connectivity index (χ3v) is 3.29. The highest BCUT2D eigenvalue weighted by atomic mass is 16.4. The maximum absolute atomic E-state index is 11.0. The largest absolute Gasteiger partial charge is 0.481 e. The number of hydrogen-bond acceptors (Lipinski definition) is 2. The van der Waals surface area contributed by atoms with Gasteiger partial charge in [-0.2, -0.15) is 0 Å². The van der Waals surface area contributed by atoms with E-state index >= 15 is 0 Å². The molecule has 0 spiro atoms. The molecule has 0 saturated carbocycles. The Morgan fingerprint density at radius 1 is 1.32 bits per heavy atom. The van der Waals surface area contributed by atoms with Crippen LogP contribution in [0.2, 0.25) is 0 Å². The van der Waals surface area contributed by atoms with Gasteiger partial charge in [0.25, 0.3) is 0 Å². The molecule has 0 aliphatic heterocycles. The number of hydrogen-bond donors (Lipinski definition) is 2. The number of benzene rings is 1. The van der Waals surface area contributed by atoms with Crippen molar-refractivity contribution in [3.8, 4) is 0 Å². The maximum atomic E-state index is 11.0. The van der Waals surface area contributed by atoms with E-state index in [1.165, 1.54) is 0 Å². The molecule has 1 aromatic carbocycles. The maximum Gasteiger partial charge on any atom is 0.307 e. The molecule has 0 radical (unpaired) electrons. The van der Waals surface area contributed by atoms with Crippen LogP contribution >= 0.6 is 0 Å². The summed E-state index contributed by atoms with van der Waals surface area (Å²) in [5.74, 6) is -0.819. The van der Waals surface area contributed by atoms with Crippen LogP contribution in [-0.2, 0) is 17.8 Å². The number of rotatable bonds is 5. The molecule has 102 valence electrons. The molecule has 2 N–H and O–H groups in total. The molecule has 0 aliphatic rings. The first-order valence-corrected chi connectivity index (χ1v) is 6.44. The molecule has 1 heterocycles. The zero-order chi connectivity index (χ0) is 14.0. The predicted molar refractivity (Wildman–Crippen MR) is 74.5 cm³/mol. The number of carbonyl (C=O) groups is 1. The fourth-order valence-electron chi connectivity index (χ4n) is 2.63. The second-order valence-electron chi connectivity index (χ2n) is 4.97. The molecular weight excluding hydrogens is 242 g/mol. The number of aryl methyl sites for hydroxylation is 3.